The number of hydrogen-bond donors (Lipinski definition) is 1. The minimum Gasteiger partial charge on any atom is -0.387 e. The van der Waals surface area contributed by atoms with E-state index in [9.17, 15) is 28.4 Å². The number of benzene rings is 1. The number of imidazole rings is 1. The van der Waals surface area contributed by atoms with E-state index >= 15 is 0 Å². The fraction of sp³-hybridized carbons (Fsp3) is 0.571. The van der Waals surface area contributed by atoms with E-state index in [0.29, 0.717) is 32.7 Å². The molecule has 1 unspecified atom stereocenters. The maximum absolute atomic E-state index is 12.6. The Balaban J connectivity index is 1.40. The monoisotopic (exact) mass is 490 g/mol. The molecule has 1 saturated heterocycles. The lowest BCUT2D eigenvalue weighted by Gasteiger charge is -2.36. The number of likely N-dealkylation sites (tertiary alicyclic amines) is 1. The quantitative estimate of drug-likeness (QED) is 0.423. The molecular formula is C21H26ClF3N4O4. The van der Waals surface area contributed by atoms with E-state index < -0.39 is 22.3 Å². The second kappa shape index (κ2) is 10.4. The Morgan fingerprint density at radius 2 is 1.88 bits per heavy atom. The predicted octanol–water partition coefficient (Wildman–Crippen LogP) is 3.94. The standard InChI is InChI=1S/C21H26ClF3N4O4/c1-20(30,14-28-12-18(29(31)32)26-19(28)22)13-27-9-6-17(7-10-27)33-11-8-15-2-4-16(5-3-15)21(23,24)25/h2-5,12,17,30H,6-11,13-14H2,1H3. The number of nitro groups is 1. The summed E-state index contributed by atoms with van der Waals surface area (Å²) in [6, 6.07) is 5.10. The summed E-state index contributed by atoms with van der Waals surface area (Å²) in [5.41, 5.74) is -1.05. The number of aliphatic hydroxyl groups is 1. The van der Waals surface area contributed by atoms with E-state index in [0.717, 1.165) is 30.5 Å². The molecule has 182 valence electrons. The lowest BCUT2D eigenvalue weighted by atomic mass is 10.0. The highest BCUT2D eigenvalue weighted by molar-refractivity contribution is 6.28. The number of rotatable bonds is 9. The van der Waals surface area contributed by atoms with Gasteiger partial charge >= 0.3 is 17.3 Å². The van der Waals surface area contributed by atoms with Gasteiger partial charge in [0.1, 0.15) is 6.20 Å². The van der Waals surface area contributed by atoms with Gasteiger partial charge in [0.15, 0.2) is 0 Å². The van der Waals surface area contributed by atoms with Crippen LogP contribution in [0.25, 0.3) is 0 Å². The average Bonchev–Trinajstić information content (AvgIpc) is 3.09. The first-order valence-corrected chi connectivity index (χ1v) is 10.9. The summed E-state index contributed by atoms with van der Waals surface area (Å²) >= 11 is 5.93. The second-order valence-corrected chi connectivity index (χ2v) is 8.88. The van der Waals surface area contributed by atoms with Crippen molar-refractivity contribution in [2.45, 2.75) is 50.6 Å². The molecule has 0 bridgehead atoms. The average molecular weight is 491 g/mol. The summed E-state index contributed by atoms with van der Waals surface area (Å²) in [6.45, 7) is 3.90. The molecule has 33 heavy (non-hydrogen) atoms. The molecule has 0 radical (unpaired) electrons. The van der Waals surface area contributed by atoms with E-state index in [4.69, 9.17) is 16.3 Å². The zero-order valence-electron chi connectivity index (χ0n) is 18.1. The minimum absolute atomic E-state index is 0.0476. The van der Waals surface area contributed by atoms with E-state index in [1.54, 1.807) is 6.92 Å². The molecule has 8 nitrogen and oxygen atoms in total. The van der Waals surface area contributed by atoms with Gasteiger partial charge in [-0.3, -0.25) is 4.57 Å². The summed E-state index contributed by atoms with van der Waals surface area (Å²) in [5.74, 6) is -0.370. The third kappa shape index (κ3) is 7.39. The largest absolute Gasteiger partial charge is 0.416 e. The zero-order chi connectivity index (χ0) is 24.2. The summed E-state index contributed by atoms with van der Waals surface area (Å²) in [4.78, 5) is 15.9. The van der Waals surface area contributed by atoms with E-state index in [-0.39, 0.29) is 23.8 Å². The Bertz CT molecular complexity index is 942. The number of alkyl halides is 3. The molecule has 1 aromatic carbocycles. The number of β-amino-alcohol motifs (C(OH)–C–C–N with tert-alkyl or cyclic N) is 1. The Morgan fingerprint density at radius 1 is 1.24 bits per heavy atom. The van der Waals surface area contributed by atoms with Crippen molar-refractivity contribution in [2.24, 2.45) is 0 Å². The first-order valence-electron chi connectivity index (χ1n) is 10.5. The highest BCUT2D eigenvalue weighted by Gasteiger charge is 2.31. The second-order valence-electron chi connectivity index (χ2n) is 8.54. The molecule has 1 aromatic heterocycles. The summed E-state index contributed by atoms with van der Waals surface area (Å²) in [5, 5.41) is 21.6. The van der Waals surface area contributed by atoms with Crippen molar-refractivity contribution in [3.63, 3.8) is 0 Å². The van der Waals surface area contributed by atoms with Gasteiger partial charge in [-0.15, -0.1) is 0 Å². The van der Waals surface area contributed by atoms with Gasteiger partial charge in [0.25, 0.3) is 0 Å². The minimum atomic E-state index is -4.34. The molecule has 1 atom stereocenters. The van der Waals surface area contributed by atoms with Gasteiger partial charge in [0, 0.05) is 19.6 Å². The van der Waals surface area contributed by atoms with Gasteiger partial charge in [-0.1, -0.05) is 12.1 Å². The van der Waals surface area contributed by atoms with Crippen LogP contribution in [0.15, 0.2) is 30.5 Å². The smallest absolute Gasteiger partial charge is 0.387 e. The first-order chi connectivity index (χ1) is 15.4. The van der Waals surface area contributed by atoms with Gasteiger partial charge in [-0.2, -0.15) is 13.2 Å². The molecule has 2 heterocycles. The van der Waals surface area contributed by atoms with Crippen LogP contribution in [-0.2, 0) is 23.9 Å². The van der Waals surface area contributed by atoms with Crippen LogP contribution in [0.5, 0.6) is 0 Å². The van der Waals surface area contributed by atoms with Crippen LogP contribution < -0.4 is 0 Å². The molecule has 1 aliphatic rings. The van der Waals surface area contributed by atoms with Crippen LogP contribution in [0.1, 0.15) is 30.9 Å². The highest BCUT2D eigenvalue weighted by Crippen LogP contribution is 2.29. The number of ether oxygens (including phenoxy) is 1. The van der Waals surface area contributed by atoms with Gasteiger partial charge < -0.3 is 24.9 Å². The predicted molar refractivity (Wildman–Crippen MR) is 115 cm³/mol. The van der Waals surface area contributed by atoms with Crippen molar-refractivity contribution in [2.75, 3.05) is 26.2 Å². The topological polar surface area (TPSA) is 93.7 Å². The molecule has 0 spiro atoms. The van der Waals surface area contributed by atoms with Crippen molar-refractivity contribution in [1.29, 1.82) is 0 Å². The summed E-state index contributed by atoms with van der Waals surface area (Å²) in [6.07, 6.45) is -1.03. The van der Waals surface area contributed by atoms with Crippen LogP contribution in [0.3, 0.4) is 0 Å². The maximum atomic E-state index is 12.6. The molecule has 3 rings (SSSR count). The van der Waals surface area contributed by atoms with Crippen molar-refractivity contribution < 1.29 is 27.9 Å². The fourth-order valence-corrected chi connectivity index (χ4v) is 4.11. The molecule has 0 saturated carbocycles. The molecule has 0 amide bonds. The maximum Gasteiger partial charge on any atom is 0.416 e. The van der Waals surface area contributed by atoms with Crippen LogP contribution >= 0.6 is 11.6 Å². The van der Waals surface area contributed by atoms with Gasteiger partial charge in [0.2, 0.25) is 0 Å². The van der Waals surface area contributed by atoms with Crippen molar-refractivity contribution in [3.05, 3.63) is 57.0 Å². The van der Waals surface area contributed by atoms with Crippen LogP contribution in [-0.4, -0.2) is 62.4 Å². The molecule has 1 aliphatic heterocycles. The Labute approximate surface area is 194 Å². The summed E-state index contributed by atoms with van der Waals surface area (Å²) in [7, 11) is 0. The normalized spacial score (nSPS) is 17.8. The van der Waals surface area contributed by atoms with Crippen LogP contribution in [0, 0.1) is 10.1 Å². The number of hydrogen-bond acceptors (Lipinski definition) is 6. The fourth-order valence-electron chi connectivity index (χ4n) is 3.92. The summed E-state index contributed by atoms with van der Waals surface area (Å²) < 4.78 is 45.1. The number of nitrogens with zero attached hydrogens (tertiary/aromatic N) is 4. The zero-order valence-corrected chi connectivity index (χ0v) is 18.8. The van der Waals surface area contributed by atoms with E-state index in [2.05, 4.69) is 9.88 Å². The third-order valence-corrected chi connectivity index (χ3v) is 5.84. The first kappa shape index (κ1) is 25.4. The Morgan fingerprint density at radius 3 is 2.42 bits per heavy atom. The lowest BCUT2D eigenvalue weighted by Crippen LogP contribution is -2.47. The van der Waals surface area contributed by atoms with Gasteiger partial charge in [-0.05, 0) is 65.4 Å². The molecule has 2 aromatic rings. The number of aromatic nitrogens is 2. The van der Waals surface area contributed by atoms with Crippen LogP contribution in [0.2, 0.25) is 5.28 Å². The molecule has 1 fully saturated rings. The van der Waals surface area contributed by atoms with Crippen LogP contribution in [0.4, 0.5) is 19.0 Å². The van der Waals surface area contributed by atoms with Crippen molar-refractivity contribution in [3.8, 4) is 0 Å². The Hall–Kier alpha value is -2.21. The molecule has 12 heteroatoms. The highest BCUT2D eigenvalue weighted by atomic mass is 35.5. The molecular weight excluding hydrogens is 465 g/mol. The molecule has 1 N–H and O–H groups in total. The van der Waals surface area contributed by atoms with E-state index in [1.165, 1.54) is 22.9 Å². The number of halogens is 4. The van der Waals surface area contributed by atoms with Gasteiger partial charge in [-0.25, -0.2) is 0 Å². The van der Waals surface area contributed by atoms with Crippen molar-refractivity contribution in [1.82, 2.24) is 14.5 Å². The molecule has 0 aliphatic carbocycles. The number of piperidine rings is 1. The van der Waals surface area contributed by atoms with Gasteiger partial charge in [0.05, 0.1) is 30.4 Å². The SMILES string of the molecule is CC(O)(CN1CCC(OCCc2ccc(C(F)(F)F)cc2)CC1)Cn1cc([N+](=O)[O-])nc1Cl. The third-order valence-electron chi connectivity index (χ3n) is 5.54. The lowest BCUT2D eigenvalue weighted by molar-refractivity contribution is -0.389. The Kier molecular flexibility index (Phi) is 7.99. The van der Waals surface area contributed by atoms with Crippen molar-refractivity contribution >= 4 is 17.4 Å². The van der Waals surface area contributed by atoms with E-state index in [1.807, 2.05) is 0 Å².